The van der Waals surface area contributed by atoms with Crippen LogP contribution in [-0.4, -0.2) is 33.8 Å². The van der Waals surface area contributed by atoms with Gasteiger partial charge in [-0.1, -0.05) is 0 Å². The number of ether oxygens (including phenoxy) is 4. The Morgan fingerprint density at radius 2 is 1.72 bits per heavy atom. The SMILES string of the molecule is CCOc1ccc2oc(C(=O)NCc3cc(OC)c(OC)c(OC)c3)c(C)c2c1. The molecule has 0 aliphatic carbocycles. The Balaban J connectivity index is 1.81. The van der Waals surface area contributed by atoms with Gasteiger partial charge in [0.2, 0.25) is 5.75 Å². The lowest BCUT2D eigenvalue weighted by Crippen LogP contribution is -2.23. The lowest BCUT2D eigenvalue weighted by atomic mass is 10.1. The first-order chi connectivity index (χ1) is 14.0. The van der Waals surface area contributed by atoms with Crippen molar-refractivity contribution in [3.8, 4) is 23.0 Å². The molecule has 0 aliphatic heterocycles. The summed E-state index contributed by atoms with van der Waals surface area (Å²) in [6.45, 7) is 4.63. The van der Waals surface area contributed by atoms with Gasteiger partial charge >= 0.3 is 0 Å². The van der Waals surface area contributed by atoms with Crippen LogP contribution in [0.25, 0.3) is 11.0 Å². The summed E-state index contributed by atoms with van der Waals surface area (Å²) >= 11 is 0. The number of nitrogens with one attached hydrogen (secondary N) is 1. The second kappa shape index (κ2) is 8.77. The first-order valence-electron chi connectivity index (χ1n) is 9.25. The third-order valence-corrected chi connectivity index (χ3v) is 4.60. The van der Waals surface area contributed by atoms with Crippen LogP contribution in [0.4, 0.5) is 0 Å². The Bertz CT molecular complexity index is 999. The van der Waals surface area contributed by atoms with Crippen LogP contribution in [0.2, 0.25) is 0 Å². The van der Waals surface area contributed by atoms with Crippen molar-refractivity contribution in [2.45, 2.75) is 20.4 Å². The van der Waals surface area contributed by atoms with E-state index in [2.05, 4.69) is 5.32 Å². The maximum atomic E-state index is 12.7. The minimum absolute atomic E-state index is 0.274. The molecule has 0 radical (unpaired) electrons. The number of rotatable bonds is 8. The van der Waals surface area contributed by atoms with Crippen LogP contribution >= 0.6 is 0 Å². The van der Waals surface area contributed by atoms with Gasteiger partial charge in [0.1, 0.15) is 11.3 Å². The lowest BCUT2D eigenvalue weighted by molar-refractivity contribution is 0.0924. The molecule has 1 heterocycles. The minimum Gasteiger partial charge on any atom is -0.494 e. The highest BCUT2D eigenvalue weighted by Gasteiger charge is 2.19. The second-order valence-corrected chi connectivity index (χ2v) is 6.36. The Hall–Kier alpha value is -3.35. The van der Waals surface area contributed by atoms with Crippen LogP contribution in [-0.2, 0) is 6.54 Å². The molecule has 29 heavy (non-hydrogen) atoms. The largest absolute Gasteiger partial charge is 0.494 e. The molecule has 0 atom stereocenters. The zero-order valence-corrected chi connectivity index (χ0v) is 17.3. The molecule has 1 aromatic heterocycles. The van der Waals surface area contributed by atoms with Crippen molar-refractivity contribution in [2.75, 3.05) is 27.9 Å². The maximum absolute atomic E-state index is 12.7. The number of hydrogen-bond donors (Lipinski definition) is 1. The second-order valence-electron chi connectivity index (χ2n) is 6.36. The fourth-order valence-corrected chi connectivity index (χ4v) is 3.17. The molecule has 1 amide bonds. The Labute approximate surface area is 169 Å². The Morgan fingerprint density at radius 3 is 2.31 bits per heavy atom. The van der Waals surface area contributed by atoms with Gasteiger partial charge in [0.15, 0.2) is 17.3 Å². The third-order valence-electron chi connectivity index (χ3n) is 4.60. The van der Waals surface area contributed by atoms with Gasteiger partial charge in [0.25, 0.3) is 5.91 Å². The Morgan fingerprint density at radius 1 is 1.03 bits per heavy atom. The summed E-state index contributed by atoms with van der Waals surface area (Å²) in [6, 6.07) is 9.10. The molecule has 0 fully saturated rings. The number of benzene rings is 2. The van der Waals surface area contributed by atoms with Gasteiger partial charge in [0.05, 0.1) is 27.9 Å². The highest BCUT2D eigenvalue weighted by molar-refractivity contribution is 5.99. The van der Waals surface area contributed by atoms with E-state index >= 15 is 0 Å². The van der Waals surface area contributed by atoms with E-state index in [1.54, 1.807) is 33.5 Å². The van der Waals surface area contributed by atoms with E-state index < -0.39 is 0 Å². The third kappa shape index (κ3) is 4.08. The van der Waals surface area contributed by atoms with Gasteiger partial charge in [-0.3, -0.25) is 4.79 Å². The number of aryl methyl sites for hydroxylation is 1. The summed E-state index contributed by atoms with van der Waals surface area (Å²) in [6.07, 6.45) is 0. The normalized spacial score (nSPS) is 10.7. The van der Waals surface area contributed by atoms with Gasteiger partial charge < -0.3 is 28.7 Å². The van der Waals surface area contributed by atoms with E-state index in [0.29, 0.717) is 29.4 Å². The van der Waals surface area contributed by atoms with Crippen LogP contribution < -0.4 is 24.3 Å². The molecule has 7 nitrogen and oxygen atoms in total. The van der Waals surface area contributed by atoms with E-state index in [1.807, 2.05) is 32.0 Å². The first kappa shape index (κ1) is 20.4. The van der Waals surface area contributed by atoms with Gasteiger partial charge in [-0.2, -0.15) is 0 Å². The molecular weight excluding hydrogens is 374 g/mol. The van der Waals surface area contributed by atoms with Crippen LogP contribution in [0.15, 0.2) is 34.7 Å². The molecule has 0 saturated heterocycles. The van der Waals surface area contributed by atoms with Crippen LogP contribution in [0.5, 0.6) is 23.0 Å². The molecule has 3 rings (SSSR count). The van der Waals surface area contributed by atoms with Crippen LogP contribution in [0.3, 0.4) is 0 Å². The van der Waals surface area contributed by atoms with Crippen molar-refractivity contribution < 1.29 is 28.2 Å². The van der Waals surface area contributed by atoms with Crippen molar-refractivity contribution in [2.24, 2.45) is 0 Å². The minimum atomic E-state index is -0.301. The van der Waals surface area contributed by atoms with Crippen molar-refractivity contribution in [3.63, 3.8) is 0 Å². The van der Waals surface area contributed by atoms with E-state index in [9.17, 15) is 4.79 Å². The molecule has 0 saturated carbocycles. The van der Waals surface area contributed by atoms with Gasteiger partial charge in [-0.15, -0.1) is 0 Å². The lowest BCUT2D eigenvalue weighted by Gasteiger charge is -2.14. The van der Waals surface area contributed by atoms with Crippen molar-refractivity contribution in [1.82, 2.24) is 5.32 Å². The fraction of sp³-hybridized carbons (Fsp3) is 0.318. The van der Waals surface area contributed by atoms with Crippen molar-refractivity contribution in [1.29, 1.82) is 0 Å². The van der Waals surface area contributed by atoms with Crippen LogP contribution in [0, 0.1) is 6.92 Å². The molecule has 0 bridgehead atoms. The quantitative estimate of drug-likeness (QED) is 0.614. The molecular formula is C22H25NO6. The molecule has 0 unspecified atom stereocenters. The summed E-state index contributed by atoms with van der Waals surface area (Å²) in [4.78, 5) is 12.7. The smallest absolute Gasteiger partial charge is 0.287 e. The molecule has 1 N–H and O–H groups in total. The molecule has 0 spiro atoms. The van der Waals surface area contributed by atoms with E-state index in [0.717, 1.165) is 22.3 Å². The zero-order valence-electron chi connectivity index (χ0n) is 17.3. The predicted molar refractivity (Wildman–Crippen MR) is 109 cm³/mol. The van der Waals surface area contributed by atoms with Gasteiger partial charge in [-0.05, 0) is 49.7 Å². The van der Waals surface area contributed by atoms with Crippen molar-refractivity contribution >= 4 is 16.9 Å². The van der Waals surface area contributed by atoms with Crippen molar-refractivity contribution in [3.05, 3.63) is 47.2 Å². The number of methoxy groups -OCH3 is 3. The summed E-state index contributed by atoms with van der Waals surface area (Å²) in [5.74, 6) is 2.28. The predicted octanol–water partition coefficient (Wildman–Crippen LogP) is 4.10. The number of fused-ring (bicyclic) bond motifs is 1. The number of amides is 1. The molecule has 154 valence electrons. The zero-order chi connectivity index (χ0) is 21.0. The van der Waals surface area contributed by atoms with E-state index in [1.165, 1.54) is 0 Å². The summed E-state index contributed by atoms with van der Waals surface area (Å²) < 4.78 is 27.3. The Kier molecular flexibility index (Phi) is 6.16. The number of hydrogen-bond acceptors (Lipinski definition) is 6. The van der Waals surface area contributed by atoms with Gasteiger partial charge in [-0.25, -0.2) is 0 Å². The molecule has 0 aliphatic rings. The monoisotopic (exact) mass is 399 g/mol. The average molecular weight is 399 g/mol. The van der Waals surface area contributed by atoms with E-state index in [-0.39, 0.29) is 18.2 Å². The first-order valence-corrected chi connectivity index (χ1v) is 9.25. The number of furan rings is 1. The highest BCUT2D eigenvalue weighted by Crippen LogP contribution is 2.38. The standard InChI is InChI=1S/C22H25NO6/c1-6-28-15-7-8-17-16(11-15)13(2)20(29-17)22(24)23-12-14-9-18(25-3)21(27-5)19(10-14)26-4/h7-11H,6,12H2,1-5H3,(H,23,24). The van der Waals surface area contributed by atoms with Gasteiger partial charge in [0, 0.05) is 17.5 Å². The summed E-state index contributed by atoms with van der Waals surface area (Å²) in [5, 5.41) is 3.74. The fourth-order valence-electron chi connectivity index (χ4n) is 3.17. The molecule has 2 aromatic carbocycles. The van der Waals surface area contributed by atoms with E-state index in [4.69, 9.17) is 23.4 Å². The topological polar surface area (TPSA) is 79.2 Å². The number of carbonyl (C=O) groups is 1. The average Bonchev–Trinajstić information content (AvgIpc) is 3.07. The molecule has 7 heteroatoms. The highest BCUT2D eigenvalue weighted by atomic mass is 16.5. The van der Waals surface area contributed by atoms with Crippen LogP contribution in [0.1, 0.15) is 28.6 Å². The maximum Gasteiger partial charge on any atom is 0.287 e. The summed E-state index contributed by atoms with van der Waals surface area (Å²) in [7, 11) is 4.64. The number of carbonyl (C=O) groups excluding carboxylic acids is 1. The molecule has 3 aromatic rings. The summed E-state index contributed by atoms with van der Waals surface area (Å²) in [5.41, 5.74) is 2.22.